The summed E-state index contributed by atoms with van der Waals surface area (Å²) < 4.78 is 5.45. The number of primary amides is 1. The Morgan fingerprint density at radius 3 is 2.79 bits per heavy atom. The summed E-state index contributed by atoms with van der Waals surface area (Å²) in [5, 5.41) is 8.95. The lowest BCUT2D eigenvalue weighted by atomic mass is 10.2. The Labute approximate surface area is 114 Å². The number of nitrogens with zero attached hydrogens (tertiary/aromatic N) is 2. The number of halogens is 1. The van der Waals surface area contributed by atoms with Crippen molar-refractivity contribution in [2.75, 3.05) is 0 Å². The molecule has 1 aromatic carbocycles. The Balaban J connectivity index is 2.43. The number of rotatable bonds is 3. The maximum absolute atomic E-state index is 11.3. The summed E-state index contributed by atoms with van der Waals surface area (Å²) in [4.78, 5) is 15.2. The van der Waals surface area contributed by atoms with Gasteiger partial charge in [-0.05, 0) is 18.2 Å². The molecule has 0 radical (unpaired) electrons. The maximum Gasteiger partial charge on any atom is 0.252 e. The van der Waals surface area contributed by atoms with Crippen LogP contribution in [0.2, 0.25) is 5.02 Å². The molecule has 1 heterocycles. The average Bonchev–Trinajstić information content (AvgIpc) is 2.41. The van der Waals surface area contributed by atoms with Crippen molar-refractivity contribution in [3.8, 4) is 17.7 Å². The summed E-state index contributed by atoms with van der Waals surface area (Å²) >= 11 is 5.96. The SMILES string of the molecule is N#Cc1ccnc(Oc2ccccc2C(N)=O)c1Cl. The molecule has 0 aliphatic rings. The van der Waals surface area contributed by atoms with Gasteiger partial charge in [-0.25, -0.2) is 4.98 Å². The molecule has 0 saturated carbocycles. The van der Waals surface area contributed by atoms with Crippen LogP contribution in [0, 0.1) is 11.3 Å². The van der Waals surface area contributed by atoms with Gasteiger partial charge in [-0.2, -0.15) is 5.26 Å². The lowest BCUT2D eigenvalue weighted by Gasteiger charge is -2.09. The van der Waals surface area contributed by atoms with E-state index in [1.807, 2.05) is 6.07 Å². The third-order valence-electron chi connectivity index (χ3n) is 2.34. The summed E-state index contributed by atoms with van der Waals surface area (Å²) in [5.41, 5.74) is 5.69. The van der Waals surface area contributed by atoms with Crippen molar-refractivity contribution >= 4 is 17.5 Å². The van der Waals surface area contributed by atoms with Gasteiger partial charge < -0.3 is 10.5 Å². The topological polar surface area (TPSA) is 89.0 Å². The average molecular weight is 274 g/mol. The van der Waals surface area contributed by atoms with E-state index in [0.29, 0.717) is 0 Å². The van der Waals surface area contributed by atoms with Gasteiger partial charge in [0, 0.05) is 6.20 Å². The number of benzene rings is 1. The molecule has 2 rings (SSSR count). The van der Waals surface area contributed by atoms with Crippen LogP contribution in [0.25, 0.3) is 0 Å². The molecule has 5 nitrogen and oxygen atoms in total. The van der Waals surface area contributed by atoms with Crippen molar-refractivity contribution in [1.82, 2.24) is 4.98 Å². The predicted molar refractivity (Wildman–Crippen MR) is 69.0 cm³/mol. The summed E-state index contributed by atoms with van der Waals surface area (Å²) in [6, 6.07) is 9.82. The van der Waals surface area contributed by atoms with E-state index in [-0.39, 0.29) is 27.8 Å². The second-order valence-corrected chi connectivity index (χ2v) is 3.93. The van der Waals surface area contributed by atoms with Crippen molar-refractivity contribution in [1.29, 1.82) is 5.26 Å². The summed E-state index contributed by atoms with van der Waals surface area (Å²) in [6.45, 7) is 0. The lowest BCUT2D eigenvalue weighted by Crippen LogP contribution is -2.12. The number of para-hydroxylation sites is 1. The standard InChI is InChI=1S/C13H8ClN3O2/c14-11-8(7-15)5-6-17-13(11)19-10-4-2-1-3-9(10)12(16)18/h1-6H,(H2,16,18). The molecular formula is C13H8ClN3O2. The van der Waals surface area contributed by atoms with E-state index in [2.05, 4.69) is 4.98 Å². The molecule has 0 aliphatic heterocycles. The van der Waals surface area contributed by atoms with Crippen LogP contribution in [0.5, 0.6) is 11.6 Å². The third-order valence-corrected chi connectivity index (χ3v) is 2.70. The van der Waals surface area contributed by atoms with E-state index < -0.39 is 5.91 Å². The van der Waals surface area contributed by atoms with Gasteiger partial charge in [0.15, 0.2) is 0 Å². The summed E-state index contributed by atoms with van der Waals surface area (Å²) in [5.74, 6) is -0.336. The van der Waals surface area contributed by atoms with Crippen molar-refractivity contribution in [2.45, 2.75) is 0 Å². The molecule has 19 heavy (non-hydrogen) atoms. The van der Waals surface area contributed by atoms with Crippen LogP contribution in [-0.4, -0.2) is 10.9 Å². The van der Waals surface area contributed by atoms with Crippen LogP contribution in [0.3, 0.4) is 0 Å². The number of nitriles is 1. The third kappa shape index (κ3) is 2.64. The fraction of sp³-hybridized carbons (Fsp3) is 0. The number of pyridine rings is 1. The van der Waals surface area contributed by atoms with Crippen LogP contribution in [0.1, 0.15) is 15.9 Å². The molecular weight excluding hydrogens is 266 g/mol. The smallest absolute Gasteiger partial charge is 0.252 e. The fourth-order valence-corrected chi connectivity index (χ4v) is 1.64. The Hall–Kier alpha value is -2.58. The van der Waals surface area contributed by atoms with Gasteiger partial charge >= 0.3 is 0 Å². The zero-order valence-electron chi connectivity index (χ0n) is 9.63. The van der Waals surface area contributed by atoms with Gasteiger partial charge in [0.25, 0.3) is 5.91 Å². The molecule has 94 valence electrons. The molecule has 0 unspecified atom stereocenters. The largest absolute Gasteiger partial charge is 0.437 e. The van der Waals surface area contributed by atoms with E-state index in [9.17, 15) is 4.79 Å². The molecule has 0 spiro atoms. The predicted octanol–water partition coefficient (Wildman–Crippen LogP) is 2.50. The molecule has 2 aromatic rings. The highest BCUT2D eigenvalue weighted by atomic mass is 35.5. The van der Waals surface area contributed by atoms with Crippen LogP contribution in [0.15, 0.2) is 36.5 Å². The minimum Gasteiger partial charge on any atom is -0.437 e. The molecule has 0 fully saturated rings. The molecule has 0 atom stereocenters. The van der Waals surface area contributed by atoms with E-state index in [4.69, 9.17) is 27.3 Å². The molecule has 6 heteroatoms. The van der Waals surface area contributed by atoms with E-state index in [1.165, 1.54) is 18.3 Å². The number of hydrogen-bond acceptors (Lipinski definition) is 4. The first-order valence-corrected chi connectivity index (χ1v) is 5.62. The van der Waals surface area contributed by atoms with Gasteiger partial charge in [-0.1, -0.05) is 23.7 Å². The van der Waals surface area contributed by atoms with Crippen LogP contribution in [0.4, 0.5) is 0 Å². The van der Waals surface area contributed by atoms with Gasteiger partial charge in [0.1, 0.15) is 16.8 Å². The summed E-state index contributed by atoms with van der Waals surface area (Å²) in [7, 11) is 0. The second-order valence-electron chi connectivity index (χ2n) is 3.55. The van der Waals surface area contributed by atoms with E-state index in [1.54, 1.807) is 18.2 Å². The minimum atomic E-state index is -0.622. The molecule has 0 bridgehead atoms. The number of nitrogens with two attached hydrogens (primary N) is 1. The first kappa shape index (κ1) is 12.9. The summed E-state index contributed by atoms with van der Waals surface area (Å²) in [6.07, 6.45) is 1.40. The van der Waals surface area contributed by atoms with E-state index in [0.717, 1.165) is 0 Å². The van der Waals surface area contributed by atoms with Crippen LogP contribution in [-0.2, 0) is 0 Å². The first-order valence-electron chi connectivity index (χ1n) is 5.24. The fourth-order valence-electron chi connectivity index (χ4n) is 1.45. The van der Waals surface area contributed by atoms with Crippen LogP contribution < -0.4 is 10.5 Å². The Kier molecular flexibility index (Phi) is 3.64. The maximum atomic E-state index is 11.3. The molecule has 0 saturated heterocycles. The monoisotopic (exact) mass is 273 g/mol. The highest BCUT2D eigenvalue weighted by Gasteiger charge is 2.13. The van der Waals surface area contributed by atoms with Crippen molar-refractivity contribution in [3.05, 3.63) is 52.7 Å². The van der Waals surface area contributed by atoms with Crippen molar-refractivity contribution in [3.63, 3.8) is 0 Å². The van der Waals surface area contributed by atoms with Crippen LogP contribution >= 0.6 is 11.6 Å². The molecule has 2 N–H and O–H groups in total. The zero-order valence-corrected chi connectivity index (χ0v) is 10.4. The highest BCUT2D eigenvalue weighted by molar-refractivity contribution is 6.33. The highest BCUT2D eigenvalue weighted by Crippen LogP contribution is 2.30. The number of carbonyl (C=O) groups excluding carboxylic acids is 1. The Morgan fingerprint density at radius 1 is 1.37 bits per heavy atom. The molecule has 1 aromatic heterocycles. The van der Waals surface area contributed by atoms with Gasteiger partial charge in [-0.15, -0.1) is 0 Å². The number of carbonyl (C=O) groups is 1. The minimum absolute atomic E-state index is 0.0504. The molecule has 1 amide bonds. The lowest BCUT2D eigenvalue weighted by molar-refractivity contribution is 0.0998. The normalized spacial score (nSPS) is 9.68. The molecule has 0 aliphatic carbocycles. The quantitative estimate of drug-likeness (QED) is 0.930. The van der Waals surface area contributed by atoms with Gasteiger partial charge in [0.05, 0.1) is 11.1 Å². The number of ether oxygens (including phenoxy) is 1. The van der Waals surface area contributed by atoms with Crippen molar-refractivity contribution in [2.24, 2.45) is 5.73 Å². The Bertz CT molecular complexity index is 680. The first-order chi connectivity index (χ1) is 9.13. The number of amides is 1. The van der Waals surface area contributed by atoms with Crippen molar-refractivity contribution < 1.29 is 9.53 Å². The Morgan fingerprint density at radius 2 is 2.11 bits per heavy atom. The number of aromatic nitrogens is 1. The zero-order chi connectivity index (χ0) is 13.8. The number of hydrogen-bond donors (Lipinski definition) is 1. The van der Waals surface area contributed by atoms with Gasteiger partial charge in [0.2, 0.25) is 5.88 Å². The second kappa shape index (κ2) is 5.38. The van der Waals surface area contributed by atoms with Gasteiger partial charge in [-0.3, -0.25) is 4.79 Å². The van der Waals surface area contributed by atoms with E-state index >= 15 is 0 Å².